The van der Waals surface area contributed by atoms with Crippen molar-refractivity contribution < 1.29 is 13.2 Å². The highest BCUT2D eigenvalue weighted by Crippen LogP contribution is 2.35. The van der Waals surface area contributed by atoms with E-state index in [2.05, 4.69) is 0 Å². The summed E-state index contributed by atoms with van der Waals surface area (Å²) >= 11 is 1.54. The standard InChI is InChI=1S/C17H22F3NS/c18-17(19,20)15-9-14(7-4-8-21)10-16(11-15)22-12-13-5-2-1-3-6-13/h4,7,9-11,13H,1-3,5-6,8,12,21H2/b7-4+. The van der Waals surface area contributed by atoms with Crippen molar-refractivity contribution in [2.75, 3.05) is 12.3 Å². The molecule has 0 spiro atoms. The topological polar surface area (TPSA) is 26.0 Å². The number of hydrogen-bond donors (Lipinski definition) is 1. The van der Waals surface area contributed by atoms with E-state index in [1.165, 1.54) is 56.0 Å². The Labute approximate surface area is 134 Å². The Bertz CT molecular complexity index is 505. The van der Waals surface area contributed by atoms with Crippen LogP contribution in [0, 0.1) is 5.92 Å². The summed E-state index contributed by atoms with van der Waals surface area (Å²) in [5, 5.41) is 0. The van der Waals surface area contributed by atoms with Crippen molar-refractivity contribution in [1.29, 1.82) is 0 Å². The fraction of sp³-hybridized carbons (Fsp3) is 0.529. The summed E-state index contributed by atoms with van der Waals surface area (Å²) in [7, 11) is 0. The number of halogens is 3. The van der Waals surface area contributed by atoms with Crippen molar-refractivity contribution in [1.82, 2.24) is 0 Å². The van der Waals surface area contributed by atoms with Gasteiger partial charge in [-0.2, -0.15) is 13.2 Å². The molecule has 0 aliphatic heterocycles. The maximum absolute atomic E-state index is 13.0. The molecule has 2 rings (SSSR count). The molecule has 0 atom stereocenters. The molecule has 1 aromatic carbocycles. The fourth-order valence-corrected chi connectivity index (χ4v) is 3.93. The number of rotatable bonds is 5. The van der Waals surface area contributed by atoms with Crippen LogP contribution in [0.5, 0.6) is 0 Å². The van der Waals surface area contributed by atoms with E-state index in [-0.39, 0.29) is 0 Å². The van der Waals surface area contributed by atoms with Crippen LogP contribution in [0.2, 0.25) is 0 Å². The van der Waals surface area contributed by atoms with Crippen LogP contribution in [0.1, 0.15) is 43.2 Å². The van der Waals surface area contributed by atoms with Gasteiger partial charge < -0.3 is 5.73 Å². The summed E-state index contributed by atoms with van der Waals surface area (Å²) in [6, 6.07) is 4.25. The van der Waals surface area contributed by atoms with Gasteiger partial charge in [-0.1, -0.05) is 31.4 Å². The third kappa shape index (κ3) is 5.36. The summed E-state index contributed by atoms with van der Waals surface area (Å²) in [6.45, 7) is 0.320. The predicted molar refractivity (Wildman–Crippen MR) is 86.8 cm³/mol. The van der Waals surface area contributed by atoms with Crippen LogP contribution < -0.4 is 5.73 Å². The van der Waals surface area contributed by atoms with Gasteiger partial charge in [0.2, 0.25) is 0 Å². The highest BCUT2D eigenvalue weighted by Gasteiger charge is 2.31. The third-order valence-corrected chi connectivity index (χ3v) is 5.12. The zero-order valence-corrected chi connectivity index (χ0v) is 13.3. The highest BCUT2D eigenvalue weighted by molar-refractivity contribution is 7.99. The van der Waals surface area contributed by atoms with Crippen molar-refractivity contribution in [2.45, 2.75) is 43.2 Å². The minimum Gasteiger partial charge on any atom is -0.327 e. The summed E-state index contributed by atoms with van der Waals surface area (Å²) in [4.78, 5) is 0.692. The van der Waals surface area contributed by atoms with Gasteiger partial charge in [0.1, 0.15) is 0 Å². The molecule has 0 unspecified atom stereocenters. The number of nitrogens with two attached hydrogens (primary N) is 1. The van der Waals surface area contributed by atoms with Crippen molar-refractivity contribution in [3.05, 3.63) is 35.4 Å². The molecule has 0 saturated heterocycles. The molecule has 122 valence electrons. The Kier molecular flexibility index (Phi) is 6.38. The van der Waals surface area contributed by atoms with Gasteiger partial charge in [0, 0.05) is 17.2 Å². The molecule has 22 heavy (non-hydrogen) atoms. The van der Waals surface area contributed by atoms with Crippen LogP contribution in [0.15, 0.2) is 29.2 Å². The molecular formula is C17H22F3NS. The van der Waals surface area contributed by atoms with Gasteiger partial charge in [-0.05, 0) is 42.5 Å². The molecule has 0 bridgehead atoms. The van der Waals surface area contributed by atoms with E-state index in [1.807, 2.05) is 6.07 Å². The first-order chi connectivity index (χ1) is 10.5. The first kappa shape index (κ1) is 17.4. The number of thioether (sulfide) groups is 1. The zero-order valence-electron chi connectivity index (χ0n) is 12.5. The molecule has 1 fully saturated rings. The minimum absolute atomic E-state index is 0.320. The summed E-state index contributed by atoms with van der Waals surface area (Å²) in [6.07, 6.45) is 5.20. The van der Waals surface area contributed by atoms with E-state index in [0.717, 1.165) is 5.75 Å². The van der Waals surface area contributed by atoms with E-state index < -0.39 is 11.7 Å². The molecule has 5 heteroatoms. The van der Waals surface area contributed by atoms with E-state index in [0.29, 0.717) is 22.9 Å². The van der Waals surface area contributed by atoms with Gasteiger partial charge in [-0.3, -0.25) is 0 Å². The van der Waals surface area contributed by atoms with Gasteiger partial charge in [-0.15, -0.1) is 11.8 Å². The minimum atomic E-state index is -4.31. The van der Waals surface area contributed by atoms with Crippen LogP contribution in [-0.4, -0.2) is 12.3 Å². The van der Waals surface area contributed by atoms with E-state index >= 15 is 0 Å². The molecule has 1 aromatic rings. The average molecular weight is 329 g/mol. The summed E-state index contributed by atoms with van der Waals surface area (Å²) in [5.41, 5.74) is 5.36. The van der Waals surface area contributed by atoms with Crippen molar-refractivity contribution in [2.24, 2.45) is 11.7 Å². The summed E-state index contributed by atoms with van der Waals surface area (Å²) in [5.74, 6) is 1.54. The zero-order chi connectivity index (χ0) is 16.0. The lowest BCUT2D eigenvalue weighted by atomic mass is 9.91. The SMILES string of the molecule is NC/C=C/c1cc(SCC2CCCCC2)cc(C(F)(F)F)c1. The molecule has 1 nitrogen and oxygen atoms in total. The van der Waals surface area contributed by atoms with Crippen LogP contribution in [-0.2, 0) is 6.18 Å². The van der Waals surface area contributed by atoms with Crippen LogP contribution >= 0.6 is 11.8 Å². The number of hydrogen-bond acceptors (Lipinski definition) is 2. The Morgan fingerprint density at radius 3 is 2.50 bits per heavy atom. The molecule has 0 radical (unpaired) electrons. The fourth-order valence-electron chi connectivity index (χ4n) is 2.74. The van der Waals surface area contributed by atoms with Gasteiger partial charge in [0.05, 0.1) is 5.56 Å². The third-order valence-electron chi connectivity index (χ3n) is 3.91. The molecule has 2 N–H and O–H groups in total. The molecule has 0 amide bonds. The van der Waals surface area contributed by atoms with Crippen LogP contribution in [0.3, 0.4) is 0 Å². The second kappa shape index (κ2) is 8.06. The average Bonchev–Trinajstić information content (AvgIpc) is 2.51. The summed E-state index contributed by atoms with van der Waals surface area (Å²) < 4.78 is 39.0. The molecule has 0 heterocycles. The Balaban J connectivity index is 2.12. The lowest BCUT2D eigenvalue weighted by Gasteiger charge is -2.21. The quantitative estimate of drug-likeness (QED) is 0.737. The number of benzene rings is 1. The Morgan fingerprint density at radius 1 is 1.14 bits per heavy atom. The van der Waals surface area contributed by atoms with Crippen molar-refractivity contribution in [3.8, 4) is 0 Å². The van der Waals surface area contributed by atoms with Crippen LogP contribution in [0.4, 0.5) is 13.2 Å². The van der Waals surface area contributed by atoms with E-state index in [4.69, 9.17) is 5.73 Å². The molecule has 1 aliphatic carbocycles. The van der Waals surface area contributed by atoms with Gasteiger partial charge >= 0.3 is 6.18 Å². The first-order valence-corrected chi connectivity index (χ1v) is 8.69. The molecular weight excluding hydrogens is 307 g/mol. The lowest BCUT2D eigenvalue weighted by Crippen LogP contribution is -2.09. The highest BCUT2D eigenvalue weighted by atomic mass is 32.2. The second-order valence-electron chi connectivity index (χ2n) is 5.74. The number of alkyl halides is 3. The monoisotopic (exact) mass is 329 g/mol. The maximum Gasteiger partial charge on any atom is 0.416 e. The largest absolute Gasteiger partial charge is 0.416 e. The smallest absolute Gasteiger partial charge is 0.327 e. The van der Waals surface area contributed by atoms with E-state index in [9.17, 15) is 13.2 Å². The first-order valence-electron chi connectivity index (χ1n) is 7.71. The normalized spacial score (nSPS) is 17.3. The lowest BCUT2D eigenvalue weighted by molar-refractivity contribution is -0.137. The van der Waals surface area contributed by atoms with E-state index in [1.54, 1.807) is 12.2 Å². The maximum atomic E-state index is 13.0. The van der Waals surface area contributed by atoms with Crippen LogP contribution in [0.25, 0.3) is 6.08 Å². The molecule has 1 aliphatic rings. The van der Waals surface area contributed by atoms with Gasteiger partial charge in [0.25, 0.3) is 0 Å². The second-order valence-corrected chi connectivity index (χ2v) is 6.84. The van der Waals surface area contributed by atoms with Gasteiger partial charge in [-0.25, -0.2) is 0 Å². The van der Waals surface area contributed by atoms with Crippen molar-refractivity contribution >= 4 is 17.8 Å². The molecule has 1 saturated carbocycles. The Hall–Kier alpha value is -0.940. The van der Waals surface area contributed by atoms with Gasteiger partial charge in [0.15, 0.2) is 0 Å². The Morgan fingerprint density at radius 2 is 1.86 bits per heavy atom. The molecule has 0 aromatic heterocycles. The predicted octanol–water partition coefficient (Wildman–Crippen LogP) is 5.35. The van der Waals surface area contributed by atoms with Crippen molar-refractivity contribution in [3.63, 3.8) is 0 Å².